The van der Waals surface area contributed by atoms with Gasteiger partial charge in [-0.2, -0.15) is 0 Å². The summed E-state index contributed by atoms with van der Waals surface area (Å²) >= 11 is 1.81. The third-order valence-electron chi connectivity index (χ3n) is 3.11. The largest absolute Gasteiger partial charge is 0.340 e. The van der Waals surface area contributed by atoms with Gasteiger partial charge >= 0.3 is 0 Å². The number of rotatable bonds is 4. The average Bonchev–Trinajstić information content (AvgIpc) is 2.55. The summed E-state index contributed by atoms with van der Waals surface area (Å²) in [6, 6.07) is 10.3. The molecule has 1 atom stereocenters. The number of benzene rings is 1. The molecular formula is C14H20N2OS. The number of carbonyl (C=O) groups is 1. The Labute approximate surface area is 113 Å². The van der Waals surface area contributed by atoms with Crippen molar-refractivity contribution >= 4 is 17.7 Å². The number of hydrogen-bond acceptors (Lipinski definition) is 3. The number of nitrogens with zero attached hydrogens (tertiary/aromatic N) is 1. The Balaban J connectivity index is 1.80. The molecule has 1 aliphatic rings. The van der Waals surface area contributed by atoms with Gasteiger partial charge in [0, 0.05) is 23.7 Å². The summed E-state index contributed by atoms with van der Waals surface area (Å²) in [4.78, 5) is 15.3. The fraction of sp³-hybridized carbons (Fsp3) is 0.500. The summed E-state index contributed by atoms with van der Waals surface area (Å²) in [7, 11) is 0. The quantitative estimate of drug-likeness (QED) is 0.844. The Bertz CT molecular complexity index is 383. The molecule has 0 bridgehead atoms. The lowest BCUT2D eigenvalue weighted by Gasteiger charge is -2.22. The summed E-state index contributed by atoms with van der Waals surface area (Å²) < 4.78 is 0. The van der Waals surface area contributed by atoms with Crippen molar-refractivity contribution in [2.24, 2.45) is 0 Å². The molecule has 0 spiro atoms. The van der Waals surface area contributed by atoms with Crippen LogP contribution in [-0.4, -0.2) is 42.2 Å². The van der Waals surface area contributed by atoms with Gasteiger partial charge in [0.1, 0.15) is 0 Å². The van der Waals surface area contributed by atoms with Crippen molar-refractivity contribution in [1.82, 2.24) is 10.2 Å². The van der Waals surface area contributed by atoms with E-state index in [-0.39, 0.29) is 11.9 Å². The fourth-order valence-corrected chi connectivity index (χ4v) is 2.97. The normalized spacial score (nSPS) is 20.8. The SMILES string of the molecule is CC1NCCCN(CCSc2ccccc2)C1=O. The molecule has 2 rings (SSSR count). The van der Waals surface area contributed by atoms with Crippen LogP contribution >= 0.6 is 11.8 Å². The number of hydrogen-bond donors (Lipinski definition) is 1. The van der Waals surface area contributed by atoms with Crippen LogP contribution in [0.4, 0.5) is 0 Å². The van der Waals surface area contributed by atoms with Gasteiger partial charge in [0.15, 0.2) is 0 Å². The molecule has 0 aromatic heterocycles. The van der Waals surface area contributed by atoms with Gasteiger partial charge in [0.2, 0.25) is 5.91 Å². The lowest BCUT2D eigenvalue weighted by atomic mass is 10.3. The van der Waals surface area contributed by atoms with E-state index >= 15 is 0 Å². The van der Waals surface area contributed by atoms with E-state index in [0.717, 1.165) is 31.8 Å². The van der Waals surface area contributed by atoms with Crippen LogP contribution in [0.2, 0.25) is 0 Å². The van der Waals surface area contributed by atoms with Crippen molar-refractivity contribution in [3.05, 3.63) is 30.3 Å². The highest BCUT2D eigenvalue weighted by molar-refractivity contribution is 7.99. The van der Waals surface area contributed by atoms with E-state index in [1.807, 2.05) is 41.8 Å². The zero-order valence-electron chi connectivity index (χ0n) is 10.8. The van der Waals surface area contributed by atoms with Gasteiger partial charge in [-0.15, -0.1) is 11.8 Å². The zero-order valence-corrected chi connectivity index (χ0v) is 11.6. The van der Waals surface area contributed by atoms with E-state index in [4.69, 9.17) is 0 Å². The first-order valence-electron chi connectivity index (χ1n) is 6.47. The van der Waals surface area contributed by atoms with E-state index in [1.165, 1.54) is 4.90 Å². The molecule has 1 amide bonds. The first kappa shape index (κ1) is 13.4. The molecule has 1 fully saturated rings. The van der Waals surface area contributed by atoms with Crippen molar-refractivity contribution in [3.63, 3.8) is 0 Å². The maximum Gasteiger partial charge on any atom is 0.239 e. The van der Waals surface area contributed by atoms with E-state index in [0.29, 0.717) is 0 Å². The molecule has 1 N–H and O–H groups in total. The van der Waals surface area contributed by atoms with Gasteiger partial charge in [0.05, 0.1) is 6.04 Å². The lowest BCUT2D eigenvalue weighted by Crippen LogP contribution is -2.42. The molecule has 1 aromatic rings. The molecule has 0 radical (unpaired) electrons. The van der Waals surface area contributed by atoms with Crippen molar-refractivity contribution in [2.75, 3.05) is 25.4 Å². The van der Waals surface area contributed by atoms with Gasteiger partial charge in [0.25, 0.3) is 0 Å². The number of amides is 1. The van der Waals surface area contributed by atoms with E-state index in [1.54, 1.807) is 0 Å². The summed E-state index contributed by atoms with van der Waals surface area (Å²) in [5, 5.41) is 3.23. The molecule has 1 aliphatic heterocycles. The van der Waals surface area contributed by atoms with Gasteiger partial charge in [-0.1, -0.05) is 18.2 Å². The number of carbonyl (C=O) groups excluding carboxylic acids is 1. The first-order chi connectivity index (χ1) is 8.77. The Morgan fingerprint density at radius 1 is 1.39 bits per heavy atom. The third kappa shape index (κ3) is 3.75. The van der Waals surface area contributed by atoms with Crippen molar-refractivity contribution in [2.45, 2.75) is 24.3 Å². The molecular weight excluding hydrogens is 244 g/mol. The van der Waals surface area contributed by atoms with E-state index in [2.05, 4.69) is 17.4 Å². The highest BCUT2D eigenvalue weighted by Gasteiger charge is 2.22. The van der Waals surface area contributed by atoms with Gasteiger partial charge in [-0.3, -0.25) is 4.79 Å². The summed E-state index contributed by atoms with van der Waals surface area (Å²) in [5.74, 6) is 1.20. The maximum atomic E-state index is 12.0. The minimum absolute atomic E-state index is 0.0331. The van der Waals surface area contributed by atoms with Crippen LogP contribution in [0.5, 0.6) is 0 Å². The molecule has 1 saturated heterocycles. The standard InChI is InChI=1S/C14H20N2OS/c1-12-14(17)16(9-5-8-15-12)10-11-18-13-6-3-2-4-7-13/h2-4,6-7,12,15H,5,8-11H2,1H3. The number of thioether (sulfide) groups is 1. The first-order valence-corrected chi connectivity index (χ1v) is 7.46. The molecule has 98 valence electrons. The summed E-state index contributed by atoms with van der Waals surface area (Å²) in [6.07, 6.45) is 1.05. The van der Waals surface area contributed by atoms with Crippen molar-refractivity contribution in [3.8, 4) is 0 Å². The second-order valence-electron chi connectivity index (χ2n) is 4.52. The Morgan fingerprint density at radius 3 is 2.94 bits per heavy atom. The van der Waals surface area contributed by atoms with Crippen molar-refractivity contribution < 1.29 is 4.79 Å². The third-order valence-corrected chi connectivity index (χ3v) is 4.10. The molecule has 3 nitrogen and oxygen atoms in total. The minimum atomic E-state index is -0.0331. The van der Waals surface area contributed by atoms with Crippen LogP contribution in [-0.2, 0) is 4.79 Å². The monoisotopic (exact) mass is 264 g/mol. The van der Waals surface area contributed by atoms with Crippen LogP contribution in [0.15, 0.2) is 35.2 Å². The predicted molar refractivity (Wildman–Crippen MR) is 75.8 cm³/mol. The molecule has 18 heavy (non-hydrogen) atoms. The van der Waals surface area contributed by atoms with E-state index < -0.39 is 0 Å². The Hall–Kier alpha value is -1.00. The topological polar surface area (TPSA) is 32.3 Å². The zero-order chi connectivity index (χ0) is 12.8. The van der Waals surface area contributed by atoms with Gasteiger partial charge in [-0.05, 0) is 32.0 Å². The second-order valence-corrected chi connectivity index (χ2v) is 5.68. The average molecular weight is 264 g/mol. The Kier molecular flexibility index (Phi) is 5.08. The Morgan fingerprint density at radius 2 is 2.17 bits per heavy atom. The van der Waals surface area contributed by atoms with Crippen LogP contribution < -0.4 is 5.32 Å². The summed E-state index contributed by atoms with van der Waals surface area (Å²) in [5.41, 5.74) is 0. The molecule has 4 heteroatoms. The van der Waals surface area contributed by atoms with Crippen LogP contribution in [0.25, 0.3) is 0 Å². The highest BCUT2D eigenvalue weighted by Crippen LogP contribution is 2.17. The summed E-state index contributed by atoms with van der Waals surface area (Å²) in [6.45, 7) is 4.61. The van der Waals surface area contributed by atoms with Crippen LogP contribution in [0.3, 0.4) is 0 Å². The predicted octanol–water partition coefficient (Wildman–Crippen LogP) is 1.99. The lowest BCUT2D eigenvalue weighted by molar-refractivity contribution is -0.131. The molecule has 1 unspecified atom stereocenters. The molecule has 1 aromatic carbocycles. The maximum absolute atomic E-state index is 12.0. The van der Waals surface area contributed by atoms with Gasteiger partial charge < -0.3 is 10.2 Å². The van der Waals surface area contributed by atoms with E-state index in [9.17, 15) is 4.79 Å². The fourth-order valence-electron chi connectivity index (χ4n) is 2.07. The molecule has 1 heterocycles. The molecule has 0 aliphatic carbocycles. The second kappa shape index (κ2) is 6.81. The highest BCUT2D eigenvalue weighted by atomic mass is 32.2. The molecule has 0 saturated carbocycles. The van der Waals surface area contributed by atoms with Crippen LogP contribution in [0.1, 0.15) is 13.3 Å². The number of nitrogens with one attached hydrogen (secondary N) is 1. The minimum Gasteiger partial charge on any atom is -0.340 e. The van der Waals surface area contributed by atoms with Crippen LogP contribution in [0, 0.1) is 0 Å². The van der Waals surface area contributed by atoms with Crippen molar-refractivity contribution in [1.29, 1.82) is 0 Å². The smallest absolute Gasteiger partial charge is 0.239 e. The van der Waals surface area contributed by atoms with Gasteiger partial charge in [-0.25, -0.2) is 0 Å².